The van der Waals surface area contributed by atoms with Crippen molar-refractivity contribution in [2.75, 3.05) is 30.3 Å². The van der Waals surface area contributed by atoms with Gasteiger partial charge in [0.25, 0.3) is 5.91 Å². The Morgan fingerprint density at radius 3 is 2.42 bits per heavy atom. The molecule has 0 unspecified atom stereocenters. The van der Waals surface area contributed by atoms with Crippen LogP contribution in [-0.4, -0.2) is 46.2 Å². The Morgan fingerprint density at radius 1 is 1.31 bits per heavy atom. The van der Waals surface area contributed by atoms with Crippen molar-refractivity contribution in [1.82, 2.24) is 20.4 Å². The molecule has 11 heteroatoms. The molecule has 1 spiro atoms. The number of thioether (sulfide) groups is 1. The number of hydrogen-bond donors (Lipinski definition) is 3. The average Bonchev–Trinajstić information content (AvgIpc) is 2.75. The fourth-order valence-electron chi connectivity index (χ4n) is 3.41. The van der Waals surface area contributed by atoms with E-state index < -0.39 is 23.5 Å². The van der Waals surface area contributed by atoms with Gasteiger partial charge in [-0.15, -0.1) is 0 Å². The minimum absolute atomic E-state index is 0.0219. The largest absolute Gasteiger partial charge is 0.437 e. The maximum absolute atomic E-state index is 12.8. The van der Waals surface area contributed by atoms with Crippen molar-refractivity contribution in [3.63, 3.8) is 0 Å². The zero-order valence-electron chi connectivity index (χ0n) is 14.2. The average molecular weight is 391 g/mol. The molecule has 1 aliphatic heterocycles. The molecule has 2 fully saturated rings. The third-order valence-corrected chi connectivity index (χ3v) is 6.46. The molecule has 1 aromatic rings. The maximum atomic E-state index is 12.8. The van der Waals surface area contributed by atoms with Crippen LogP contribution >= 0.6 is 11.8 Å². The quantitative estimate of drug-likeness (QED) is 0.651. The normalized spacial score (nSPS) is 18.9. The van der Waals surface area contributed by atoms with Crippen LogP contribution in [0.3, 0.4) is 0 Å². The van der Waals surface area contributed by atoms with Gasteiger partial charge in [0.15, 0.2) is 5.69 Å². The lowest BCUT2D eigenvalue weighted by Gasteiger charge is -2.52. The summed E-state index contributed by atoms with van der Waals surface area (Å²) >= 11 is 1.89. The number of alkyl halides is 3. The summed E-state index contributed by atoms with van der Waals surface area (Å²) in [6.07, 6.45) is -2.92. The lowest BCUT2D eigenvalue weighted by atomic mass is 9.63. The Morgan fingerprint density at radius 2 is 1.92 bits per heavy atom. The molecule has 26 heavy (non-hydrogen) atoms. The van der Waals surface area contributed by atoms with Gasteiger partial charge < -0.3 is 16.4 Å². The van der Waals surface area contributed by atoms with Gasteiger partial charge in [-0.25, -0.2) is 0 Å². The number of anilines is 1. The molecule has 2 heterocycles. The zero-order valence-corrected chi connectivity index (χ0v) is 15.0. The number of aromatic nitrogens is 2. The van der Waals surface area contributed by atoms with Crippen LogP contribution in [-0.2, 0) is 18.0 Å². The Hall–Kier alpha value is -1.91. The molecule has 1 aromatic heterocycles. The molecule has 0 radical (unpaired) electrons. The fraction of sp³-hybridized carbons (Fsp3) is 0.667. The van der Waals surface area contributed by atoms with Crippen molar-refractivity contribution in [2.45, 2.75) is 19.0 Å². The minimum Gasteiger partial charge on any atom is -0.395 e. The first-order chi connectivity index (χ1) is 12.1. The predicted octanol–water partition coefficient (Wildman–Crippen LogP) is 1.01. The van der Waals surface area contributed by atoms with E-state index in [2.05, 4.69) is 15.7 Å². The molecule has 3 rings (SSSR count). The second-order valence-corrected chi connectivity index (χ2v) is 7.86. The summed E-state index contributed by atoms with van der Waals surface area (Å²) in [5, 5.41) is 8.45. The second kappa shape index (κ2) is 6.67. The molecule has 144 valence electrons. The Labute approximate surface area is 152 Å². The van der Waals surface area contributed by atoms with Gasteiger partial charge in [0, 0.05) is 26.1 Å². The SMILES string of the molecule is Cn1nc(C(F)(F)F)c(N)c1C(=O)NCCNC(=O)C1CC2(CSC2)C1. The first-order valence-electron chi connectivity index (χ1n) is 8.16. The Kier molecular flexibility index (Phi) is 4.84. The van der Waals surface area contributed by atoms with Crippen LogP contribution in [0.4, 0.5) is 18.9 Å². The van der Waals surface area contributed by atoms with E-state index >= 15 is 0 Å². The van der Waals surface area contributed by atoms with Crippen LogP contribution in [0.1, 0.15) is 29.0 Å². The predicted molar refractivity (Wildman–Crippen MR) is 90.4 cm³/mol. The van der Waals surface area contributed by atoms with Gasteiger partial charge in [0.05, 0.1) is 5.69 Å². The number of hydrogen-bond acceptors (Lipinski definition) is 5. The summed E-state index contributed by atoms with van der Waals surface area (Å²) in [6.45, 7) is 0.289. The highest BCUT2D eigenvalue weighted by atomic mass is 32.2. The van der Waals surface area contributed by atoms with Crippen molar-refractivity contribution in [3.05, 3.63) is 11.4 Å². The molecule has 1 aliphatic carbocycles. The summed E-state index contributed by atoms with van der Waals surface area (Å²) in [5.74, 6) is 1.46. The molecule has 0 bridgehead atoms. The number of nitrogen functional groups attached to an aromatic ring is 1. The van der Waals surface area contributed by atoms with Crippen LogP contribution in [0.2, 0.25) is 0 Å². The summed E-state index contributed by atoms with van der Waals surface area (Å²) in [7, 11) is 1.22. The summed E-state index contributed by atoms with van der Waals surface area (Å²) in [4.78, 5) is 24.1. The van der Waals surface area contributed by atoms with E-state index in [1.165, 1.54) is 7.05 Å². The molecule has 0 atom stereocenters. The van der Waals surface area contributed by atoms with E-state index in [0.717, 1.165) is 29.0 Å². The monoisotopic (exact) mass is 391 g/mol. The number of amides is 2. The third kappa shape index (κ3) is 3.49. The van der Waals surface area contributed by atoms with Crippen LogP contribution in [0.15, 0.2) is 0 Å². The van der Waals surface area contributed by atoms with Gasteiger partial charge in [-0.3, -0.25) is 14.3 Å². The van der Waals surface area contributed by atoms with Gasteiger partial charge in [-0.2, -0.15) is 30.0 Å². The Balaban J connectivity index is 1.44. The third-order valence-electron chi connectivity index (χ3n) is 4.82. The topological polar surface area (TPSA) is 102 Å². The number of carbonyl (C=O) groups excluding carboxylic acids is 2. The van der Waals surface area contributed by atoms with Gasteiger partial charge in [-0.05, 0) is 29.8 Å². The highest BCUT2D eigenvalue weighted by Crippen LogP contribution is 2.55. The number of rotatable bonds is 5. The van der Waals surface area contributed by atoms with E-state index in [9.17, 15) is 22.8 Å². The zero-order chi connectivity index (χ0) is 19.1. The number of nitrogens with zero attached hydrogens (tertiary/aromatic N) is 2. The van der Waals surface area contributed by atoms with E-state index in [1.54, 1.807) is 0 Å². The molecule has 2 aliphatic rings. The fourth-order valence-corrected chi connectivity index (χ4v) is 4.66. The lowest BCUT2D eigenvalue weighted by molar-refractivity contribution is -0.140. The summed E-state index contributed by atoms with van der Waals surface area (Å²) in [5.41, 5.74) is 3.44. The van der Waals surface area contributed by atoms with Crippen LogP contribution in [0.25, 0.3) is 0 Å². The van der Waals surface area contributed by atoms with Crippen LogP contribution in [0, 0.1) is 11.3 Å². The Bertz CT molecular complexity index is 722. The molecule has 7 nitrogen and oxygen atoms in total. The smallest absolute Gasteiger partial charge is 0.395 e. The summed E-state index contributed by atoms with van der Waals surface area (Å²) in [6, 6.07) is 0. The van der Waals surface area contributed by atoms with Gasteiger partial charge in [0.1, 0.15) is 5.69 Å². The van der Waals surface area contributed by atoms with E-state index in [0.29, 0.717) is 5.41 Å². The maximum Gasteiger partial charge on any atom is 0.437 e. The van der Waals surface area contributed by atoms with E-state index in [1.807, 2.05) is 11.8 Å². The van der Waals surface area contributed by atoms with Crippen molar-refractivity contribution in [2.24, 2.45) is 18.4 Å². The summed E-state index contributed by atoms with van der Waals surface area (Å²) < 4.78 is 39.1. The van der Waals surface area contributed by atoms with E-state index in [-0.39, 0.29) is 30.6 Å². The number of aryl methyl sites for hydroxylation is 1. The van der Waals surface area contributed by atoms with E-state index in [4.69, 9.17) is 5.73 Å². The molecule has 1 saturated heterocycles. The van der Waals surface area contributed by atoms with Crippen molar-refractivity contribution < 1.29 is 22.8 Å². The minimum atomic E-state index is -4.73. The lowest BCUT2D eigenvalue weighted by Crippen LogP contribution is -2.52. The molecule has 0 aromatic carbocycles. The molecular weight excluding hydrogens is 371 g/mol. The number of nitrogens with one attached hydrogen (secondary N) is 2. The number of halogens is 3. The molecule has 4 N–H and O–H groups in total. The highest BCUT2D eigenvalue weighted by molar-refractivity contribution is 8.00. The molecule has 1 saturated carbocycles. The second-order valence-electron chi connectivity index (χ2n) is 6.88. The van der Waals surface area contributed by atoms with Crippen LogP contribution in [0.5, 0.6) is 0 Å². The first kappa shape index (κ1) is 18.9. The van der Waals surface area contributed by atoms with Crippen LogP contribution < -0.4 is 16.4 Å². The standard InChI is InChI=1S/C15H20F3N5O2S/c1-23-10(9(19)11(22-23)15(16,17)18)13(25)21-3-2-20-12(24)8-4-14(5-8)6-26-7-14/h8H,2-7,19H2,1H3,(H,20,24)(H,21,25). The first-order valence-corrected chi connectivity index (χ1v) is 9.32. The van der Waals surface area contributed by atoms with Gasteiger partial charge in [-0.1, -0.05) is 0 Å². The van der Waals surface area contributed by atoms with Crippen molar-refractivity contribution in [3.8, 4) is 0 Å². The molecule has 2 amide bonds. The van der Waals surface area contributed by atoms with Gasteiger partial charge in [0.2, 0.25) is 5.91 Å². The van der Waals surface area contributed by atoms with Crippen molar-refractivity contribution in [1.29, 1.82) is 0 Å². The highest BCUT2D eigenvalue weighted by Gasteiger charge is 2.51. The number of nitrogens with two attached hydrogens (primary N) is 1. The van der Waals surface area contributed by atoms with Gasteiger partial charge >= 0.3 is 6.18 Å². The van der Waals surface area contributed by atoms with Crippen molar-refractivity contribution >= 4 is 29.3 Å². The number of carbonyl (C=O) groups is 2. The molecular formula is C15H20F3N5O2S.